The van der Waals surface area contributed by atoms with E-state index in [4.69, 9.17) is 30.9 Å². The molecule has 2 unspecified atom stereocenters. The SMILES string of the molecule is [B]C([B])(OC(=O)CN)C(CC(C)n1cc(F)c(=O)[nH]c1=O)OC. The van der Waals surface area contributed by atoms with Gasteiger partial charge in [0.05, 0.1) is 24.2 Å². The second-order valence-electron chi connectivity index (χ2n) is 4.98. The van der Waals surface area contributed by atoms with Crippen molar-refractivity contribution in [2.24, 2.45) is 5.73 Å². The van der Waals surface area contributed by atoms with Crippen molar-refractivity contribution in [2.45, 2.75) is 30.9 Å². The number of halogens is 1. The van der Waals surface area contributed by atoms with Crippen LogP contribution in [0.1, 0.15) is 19.4 Å². The van der Waals surface area contributed by atoms with Crippen LogP contribution in [-0.4, -0.2) is 56.4 Å². The van der Waals surface area contributed by atoms with E-state index < -0.39 is 47.1 Å². The van der Waals surface area contributed by atoms with Crippen LogP contribution in [0.2, 0.25) is 0 Å². The first-order valence-corrected chi connectivity index (χ1v) is 6.65. The summed E-state index contributed by atoms with van der Waals surface area (Å²) in [5.41, 5.74) is 3.19. The zero-order chi connectivity index (χ0) is 17.8. The Balaban J connectivity index is 2.99. The monoisotopic (exact) mass is 323 g/mol. The van der Waals surface area contributed by atoms with Crippen LogP contribution in [0, 0.1) is 5.82 Å². The molecular formula is C12H16B2FN3O5. The van der Waals surface area contributed by atoms with Crippen molar-refractivity contribution in [1.82, 2.24) is 9.55 Å². The molecule has 1 aromatic heterocycles. The molecule has 0 saturated carbocycles. The van der Waals surface area contributed by atoms with Gasteiger partial charge in [-0.3, -0.25) is 19.1 Å². The Hall–Kier alpha value is -1.87. The lowest BCUT2D eigenvalue weighted by atomic mass is 9.60. The Labute approximate surface area is 134 Å². The van der Waals surface area contributed by atoms with E-state index in [-0.39, 0.29) is 6.42 Å². The number of hydrogen-bond acceptors (Lipinski definition) is 6. The minimum atomic E-state index is -2.00. The highest BCUT2D eigenvalue weighted by Crippen LogP contribution is 2.21. The molecule has 0 aliphatic carbocycles. The minimum Gasteiger partial charge on any atom is -0.476 e. The fourth-order valence-corrected chi connectivity index (χ4v) is 1.98. The van der Waals surface area contributed by atoms with Crippen molar-refractivity contribution in [2.75, 3.05) is 13.7 Å². The second kappa shape index (κ2) is 7.60. The summed E-state index contributed by atoms with van der Waals surface area (Å²) in [7, 11) is 12.7. The first kappa shape index (κ1) is 19.2. The molecule has 122 valence electrons. The second-order valence-corrected chi connectivity index (χ2v) is 4.98. The van der Waals surface area contributed by atoms with Crippen LogP contribution in [0.3, 0.4) is 0 Å². The van der Waals surface area contributed by atoms with Crippen molar-refractivity contribution in [3.63, 3.8) is 0 Å². The lowest BCUT2D eigenvalue weighted by Crippen LogP contribution is -2.50. The number of nitrogens with zero attached hydrogens (tertiary/aromatic N) is 1. The quantitative estimate of drug-likeness (QED) is 0.449. The number of ether oxygens (including phenoxy) is 2. The number of rotatable bonds is 7. The third-order valence-corrected chi connectivity index (χ3v) is 3.20. The zero-order valence-corrected chi connectivity index (χ0v) is 12.7. The van der Waals surface area contributed by atoms with Crippen molar-refractivity contribution < 1.29 is 18.7 Å². The molecule has 0 aromatic carbocycles. The number of nitrogens with one attached hydrogen (secondary N) is 1. The lowest BCUT2D eigenvalue weighted by molar-refractivity contribution is -0.152. The number of aromatic amines is 1. The van der Waals surface area contributed by atoms with Gasteiger partial charge in [-0.2, -0.15) is 4.39 Å². The highest BCUT2D eigenvalue weighted by atomic mass is 19.1. The normalized spacial score (nSPS) is 14.3. The molecule has 1 heterocycles. The van der Waals surface area contributed by atoms with E-state index in [0.29, 0.717) is 0 Å². The van der Waals surface area contributed by atoms with Gasteiger partial charge in [0.2, 0.25) is 5.82 Å². The van der Waals surface area contributed by atoms with Crippen LogP contribution in [0.25, 0.3) is 0 Å². The van der Waals surface area contributed by atoms with E-state index in [1.807, 2.05) is 4.98 Å². The van der Waals surface area contributed by atoms with Gasteiger partial charge < -0.3 is 15.2 Å². The molecule has 1 aromatic rings. The van der Waals surface area contributed by atoms with Gasteiger partial charge in [-0.25, -0.2) is 4.79 Å². The Kier molecular flexibility index (Phi) is 6.34. The summed E-state index contributed by atoms with van der Waals surface area (Å²) in [6, 6.07) is -0.665. The van der Waals surface area contributed by atoms with Gasteiger partial charge in [0, 0.05) is 13.2 Å². The average Bonchev–Trinajstić information content (AvgIpc) is 2.47. The molecule has 0 amide bonds. The standard InChI is InChI=1S/C12H16B2FN3O5/c1-6(18-5-7(15)10(20)17-11(18)21)3-8(22-2)12(13,14)23-9(19)4-16/h5-6,8H,3-4,16H2,1-2H3,(H,17,20,21). The first-order valence-electron chi connectivity index (χ1n) is 6.65. The third kappa shape index (κ3) is 4.80. The first-order chi connectivity index (χ1) is 10.6. The van der Waals surface area contributed by atoms with Gasteiger partial charge in [0.1, 0.15) is 15.7 Å². The van der Waals surface area contributed by atoms with Crippen LogP contribution in [0.15, 0.2) is 15.8 Å². The lowest BCUT2D eigenvalue weighted by Gasteiger charge is -2.36. The number of carbonyl (C=O) groups excluding carboxylic acids is 1. The van der Waals surface area contributed by atoms with Crippen molar-refractivity contribution in [1.29, 1.82) is 0 Å². The van der Waals surface area contributed by atoms with Crippen LogP contribution >= 0.6 is 0 Å². The van der Waals surface area contributed by atoms with E-state index >= 15 is 0 Å². The molecule has 3 N–H and O–H groups in total. The Morgan fingerprint density at radius 1 is 1.52 bits per heavy atom. The average molecular weight is 323 g/mol. The van der Waals surface area contributed by atoms with Gasteiger partial charge in [-0.15, -0.1) is 0 Å². The number of methoxy groups -OCH3 is 1. The van der Waals surface area contributed by atoms with Crippen LogP contribution in [0.4, 0.5) is 4.39 Å². The number of aromatic nitrogens is 2. The Morgan fingerprint density at radius 2 is 2.13 bits per heavy atom. The predicted molar refractivity (Wildman–Crippen MR) is 80.8 cm³/mol. The highest BCUT2D eigenvalue weighted by Gasteiger charge is 2.33. The molecule has 23 heavy (non-hydrogen) atoms. The summed E-state index contributed by atoms with van der Waals surface area (Å²) in [4.78, 5) is 35.8. The molecule has 8 nitrogen and oxygen atoms in total. The fourth-order valence-electron chi connectivity index (χ4n) is 1.98. The summed E-state index contributed by atoms with van der Waals surface area (Å²) in [5, 5.41) is -2.00. The summed E-state index contributed by atoms with van der Waals surface area (Å²) < 4.78 is 24.2. The molecule has 0 aliphatic rings. The molecule has 0 aliphatic heterocycles. The predicted octanol–water partition coefficient (Wildman–Crippen LogP) is -1.87. The van der Waals surface area contributed by atoms with Gasteiger partial charge in [-0.05, 0) is 13.3 Å². The van der Waals surface area contributed by atoms with Gasteiger partial charge >= 0.3 is 11.7 Å². The van der Waals surface area contributed by atoms with E-state index in [9.17, 15) is 18.8 Å². The molecule has 0 spiro atoms. The topological polar surface area (TPSA) is 116 Å². The van der Waals surface area contributed by atoms with Gasteiger partial charge in [0.15, 0.2) is 0 Å². The maximum absolute atomic E-state index is 13.3. The van der Waals surface area contributed by atoms with E-state index in [1.54, 1.807) is 6.92 Å². The fraction of sp³-hybridized carbons (Fsp3) is 0.583. The summed E-state index contributed by atoms with van der Waals surface area (Å²) in [6.07, 6.45) is -0.263. The van der Waals surface area contributed by atoms with Crippen molar-refractivity contribution >= 4 is 21.7 Å². The summed E-state index contributed by atoms with van der Waals surface area (Å²) in [6.45, 7) is 1.12. The molecule has 0 bridgehead atoms. The van der Waals surface area contributed by atoms with E-state index in [1.165, 1.54) is 7.11 Å². The molecule has 1 rings (SSSR count). The smallest absolute Gasteiger partial charge is 0.328 e. The summed E-state index contributed by atoms with van der Waals surface area (Å²) in [5.74, 6) is -1.95. The van der Waals surface area contributed by atoms with Crippen molar-refractivity contribution in [3.05, 3.63) is 32.9 Å². The molecular weight excluding hydrogens is 307 g/mol. The van der Waals surface area contributed by atoms with Gasteiger partial charge in [0.25, 0.3) is 5.56 Å². The molecule has 11 heteroatoms. The third-order valence-electron chi connectivity index (χ3n) is 3.20. The Bertz CT molecular complexity index is 675. The maximum Gasteiger partial charge on any atom is 0.328 e. The number of hydrogen-bond donors (Lipinski definition) is 2. The number of carbonyl (C=O) groups is 1. The Morgan fingerprint density at radius 3 is 2.65 bits per heavy atom. The van der Waals surface area contributed by atoms with Crippen LogP contribution < -0.4 is 17.0 Å². The zero-order valence-electron chi connectivity index (χ0n) is 12.7. The van der Waals surface area contributed by atoms with E-state index in [2.05, 4.69) is 0 Å². The number of H-pyrrole nitrogens is 1. The highest BCUT2D eigenvalue weighted by molar-refractivity contribution is 6.40. The van der Waals surface area contributed by atoms with Crippen LogP contribution in [-0.2, 0) is 14.3 Å². The minimum absolute atomic E-state index is 0.00720. The number of esters is 1. The molecule has 0 fully saturated rings. The molecule has 2 atom stereocenters. The molecule has 0 saturated heterocycles. The van der Waals surface area contributed by atoms with Crippen LogP contribution in [0.5, 0.6) is 0 Å². The molecule has 4 radical (unpaired) electrons. The maximum atomic E-state index is 13.3. The largest absolute Gasteiger partial charge is 0.476 e. The van der Waals surface area contributed by atoms with Crippen molar-refractivity contribution in [3.8, 4) is 0 Å². The van der Waals surface area contributed by atoms with Gasteiger partial charge in [-0.1, -0.05) is 0 Å². The summed E-state index contributed by atoms with van der Waals surface area (Å²) >= 11 is 0. The van der Waals surface area contributed by atoms with E-state index in [0.717, 1.165) is 10.8 Å². The number of nitrogens with two attached hydrogens (primary N) is 1.